The number of aromatic nitrogens is 2. The summed E-state index contributed by atoms with van der Waals surface area (Å²) in [6.07, 6.45) is 1.24. The van der Waals surface area contributed by atoms with Crippen LogP contribution < -0.4 is 10.1 Å². The molecule has 21 heavy (non-hydrogen) atoms. The van der Waals surface area contributed by atoms with Crippen molar-refractivity contribution in [2.24, 2.45) is 0 Å². The highest BCUT2D eigenvalue weighted by Crippen LogP contribution is 2.30. The third kappa shape index (κ3) is 4.54. The number of thiophene rings is 1. The van der Waals surface area contributed by atoms with Gasteiger partial charge in [-0.05, 0) is 33.3 Å². The Labute approximate surface area is 129 Å². The van der Waals surface area contributed by atoms with Crippen molar-refractivity contribution in [1.82, 2.24) is 9.97 Å². The van der Waals surface area contributed by atoms with Crippen molar-refractivity contribution in [3.8, 4) is 5.88 Å². The summed E-state index contributed by atoms with van der Waals surface area (Å²) in [4.78, 5) is 11.2. The van der Waals surface area contributed by atoms with Crippen LogP contribution in [0.25, 0.3) is 10.2 Å². The molecule has 0 radical (unpaired) electrons. The van der Waals surface area contributed by atoms with Crippen LogP contribution in [0.5, 0.6) is 5.88 Å². The van der Waals surface area contributed by atoms with Crippen molar-refractivity contribution in [2.75, 3.05) is 25.1 Å². The molecule has 0 aliphatic carbocycles. The van der Waals surface area contributed by atoms with Gasteiger partial charge in [0.15, 0.2) is 0 Å². The fourth-order valence-corrected chi connectivity index (χ4v) is 2.73. The maximum absolute atomic E-state index is 5.79. The molecule has 2 aromatic heterocycles. The number of fused-ring (bicyclic) bond motifs is 1. The molecule has 0 amide bonds. The van der Waals surface area contributed by atoms with E-state index in [1.807, 2.05) is 13.8 Å². The lowest BCUT2D eigenvalue weighted by atomic mass is 10.3. The molecule has 0 spiro atoms. The van der Waals surface area contributed by atoms with Crippen molar-refractivity contribution < 1.29 is 9.47 Å². The number of ether oxygens (including phenoxy) is 2. The average molecular weight is 309 g/mol. The molecule has 6 heteroatoms. The predicted molar refractivity (Wildman–Crippen MR) is 87.5 cm³/mol. The van der Waals surface area contributed by atoms with Gasteiger partial charge in [-0.25, -0.2) is 4.98 Å². The summed E-state index contributed by atoms with van der Waals surface area (Å²) in [6.45, 7) is 10.1. The largest absolute Gasteiger partial charge is 0.475 e. The van der Waals surface area contributed by atoms with E-state index in [0.717, 1.165) is 23.2 Å². The first-order valence-corrected chi connectivity index (χ1v) is 8.18. The van der Waals surface area contributed by atoms with Crippen LogP contribution in [0, 0.1) is 6.92 Å². The van der Waals surface area contributed by atoms with Crippen LogP contribution >= 0.6 is 11.3 Å². The maximum Gasteiger partial charge on any atom is 0.227 e. The number of hydrogen-bond acceptors (Lipinski definition) is 6. The summed E-state index contributed by atoms with van der Waals surface area (Å²) in [7, 11) is 0. The van der Waals surface area contributed by atoms with Crippen LogP contribution in [0.15, 0.2) is 6.07 Å². The van der Waals surface area contributed by atoms with Crippen LogP contribution in [0.2, 0.25) is 0 Å². The molecule has 0 aliphatic heterocycles. The van der Waals surface area contributed by atoms with Crippen LogP contribution in [-0.2, 0) is 4.74 Å². The molecule has 1 N–H and O–H groups in total. The topological polar surface area (TPSA) is 56.3 Å². The Morgan fingerprint density at radius 1 is 1.29 bits per heavy atom. The van der Waals surface area contributed by atoms with Gasteiger partial charge in [0, 0.05) is 11.4 Å². The summed E-state index contributed by atoms with van der Waals surface area (Å²) in [5.74, 6) is 1.27. The van der Waals surface area contributed by atoms with E-state index in [0.29, 0.717) is 25.0 Å². The Morgan fingerprint density at radius 3 is 2.81 bits per heavy atom. The first-order valence-electron chi connectivity index (χ1n) is 7.36. The minimum Gasteiger partial charge on any atom is -0.475 e. The Balaban J connectivity index is 2.14. The zero-order valence-electron chi connectivity index (χ0n) is 13.1. The number of hydrogen-bond donors (Lipinski definition) is 1. The lowest BCUT2D eigenvalue weighted by molar-refractivity contribution is 0.0546. The summed E-state index contributed by atoms with van der Waals surface area (Å²) in [5.41, 5.74) is 0. The van der Waals surface area contributed by atoms with E-state index in [-0.39, 0.29) is 6.10 Å². The zero-order chi connectivity index (χ0) is 15.2. The number of aryl methyl sites for hydroxylation is 1. The molecule has 0 aliphatic rings. The lowest BCUT2D eigenvalue weighted by Crippen LogP contribution is -2.12. The minimum absolute atomic E-state index is 0.212. The van der Waals surface area contributed by atoms with Crippen molar-refractivity contribution in [3.05, 3.63) is 10.9 Å². The second-order valence-electron chi connectivity index (χ2n) is 5.12. The smallest absolute Gasteiger partial charge is 0.227 e. The fourth-order valence-electron chi connectivity index (χ4n) is 1.86. The number of nitrogens with zero attached hydrogens (tertiary/aromatic N) is 2. The molecule has 0 bridgehead atoms. The van der Waals surface area contributed by atoms with Gasteiger partial charge in [-0.2, -0.15) is 4.98 Å². The molecule has 2 aromatic rings. The molecule has 0 saturated heterocycles. The third-order valence-corrected chi connectivity index (χ3v) is 3.73. The monoisotopic (exact) mass is 309 g/mol. The highest BCUT2D eigenvalue weighted by Gasteiger charge is 2.11. The van der Waals surface area contributed by atoms with Gasteiger partial charge in [0.05, 0.1) is 18.1 Å². The summed E-state index contributed by atoms with van der Waals surface area (Å²) in [6, 6.07) is 2.07. The molecule has 0 unspecified atom stereocenters. The standard InChI is InChI=1S/C15H23N3O2S/c1-5-6-16-15-17-13(20-8-7-19-10(2)3)12-9-11(4)21-14(12)18-15/h9-10H,5-8H2,1-4H3,(H,16,17,18). The zero-order valence-corrected chi connectivity index (χ0v) is 13.9. The molecule has 0 saturated carbocycles. The van der Waals surface area contributed by atoms with E-state index >= 15 is 0 Å². The highest BCUT2D eigenvalue weighted by atomic mass is 32.1. The van der Waals surface area contributed by atoms with Gasteiger partial charge in [-0.3, -0.25) is 0 Å². The van der Waals surface area contributed by atoms with E-state index in [1.165, 1.54) is 4.88 Å². The van der Waals surface area contributed by atoms with Gasteiger partial charge in [0.2, 0.25) is 11.8 Å². The number of nitrogens with one attached hydrogen (secondary N) is 1. The molecular formula is C15H23N3O2S. The first-order chi connectivity index (χ1) is 10.1. The molecule has 0 aromatic carbocycles. The SMILES string of the molecule is CCCNc1nc(OCCOC(C)C)c2cc(C)sc2n1. The second kappa shape index (κ2) is 7.56. The van der Waals surface area contributed by atoms with Gasteiger partial charge >= 0.3 is 0 Å². The summed E-state index contributed by atoms with van der Waals surface area (Å²) >= 11 is 1.66. The maximum atomic E-state index is 5.79. The van der Waals surface area contributed by atoms with E-state index in [1.54, 1.807) is 11.3 Å². The molecule has 5 nitrogen and oxygen atoms in total. The average Bonchev–Trinajstić information content (AvgIpc) is 2.81. The highest BCUT2D eigenvalue weighted by molar-refractivity contribution is 7.18. The predicted octanol–water partition coefficient (Wildman–Crippen LogP) is 3.63. The van der Waals surface area contributed by atoms with Gasteiger partial charge in [-0.15, -0.1) is 11.3 Å². The van der Waals surface area contributed by atoms with Gasteiger partial charge < -0.3 is 14.8 Å². The summed E-state index contributed by atoms with van der Waals surface area (Å²) in [5, 5.41) is 4.19. The molecule has 2 heterocycles. The van der Waals surface area contributed by atoms with Crippen LogP contribution in [0.4, 0.5) is 5.95 Å². The van der Waals surface area contributed by atoms with Crippen LogP contribution in [0.1, 0.15) is 32.1 Å². The van der Waals surface area contributed by atoms with Crippen molar-refractivity contribution >= 4 is 27.5 Å². The fraction of sp³-hybridized carbons (Fsp3) is 0.600. The minimum atomic E-state index is 0.212. The van der Waals surface area contributed by atoms with Crippen molar-refractivity contribution in [3.63, 3.8) is 0 Å². The van der Waals surface area contributed by atoms with Crippen molar-refractivity contribution in [2.45, 2.75) is 40.2 Å². The number of anilines is 1. The molecular weight excluding hydrogens is 286 g/mol. The van der Waals surface area contributed by atoms with Gasteiger partial charge in [-0.1, -0.05) is 6.92 Å². The summed E-state index contributed by atoms with van der Waals surface area (Å²) < 4.78 is 11.3. The molecule has 116 valence electrons. The molecule has 0 atom stereocenters. The first kappa shape index (κ1) is 16.0. The Morgan fingerprint density at radius 2 is 2.10 bits per heavy atom. The molecule has 2 rings (SSSR count). The Hall–Kier alpha value is -1.40. The lowest BCUT2D eigenvalue weighted by Gasteiger charge is -2.10. The van der Waals surface area contributed by atoms with E-state index < -0.39 is 0 Å². The van der Waals surface area contributed by atoms with Crippen LogP contribution in [0.3, 0.4) is 0 Å². The van der Waals surface area contributed by atoms with E-state index in [9.17, 15) is 0 Å². The Bertz CT molecular complexity index is 584. The van der Waals surface area contributed by atoms with Gasteiger partial charge in [0.25, 0.3) is 0 Å². The van der Waals surface area contributed by atoms with Crippen molar-refractivity contribution in [1.29, 1.82) is 0 Å². The Kier molecular flexibility index (Phi) is 5.76. The quantitative estimate of drug-likeness (QED) is 0.755. The molecule has 0 fully saturated rings. The second-order valence-corrected chi connectivity index (χ2v) is 6.36. The van der Waals surface area contributed by atoms with E-state index in [2.05, 4.69) is 35.2 Å². The number of rotatable bonds is 8. The van der Waals surface area contributed by atoms with Crippen LogP contribution in [-0.4, -0.2) is 35.8 Å². The third-order valence-electron chi connectivity index (χ3n) is 2.79. The van der Waals surface area contributed by atoms with E-state index in [4.69, 9.17) is 9.47 Å². The normalized spacial score (nSPS) is 11.3. The van der Waals surface area contributed by atoms with Gasteiger partial charge in [0.1, 0.15) is 11.4 Å².